The maximum absolute atomic E-state index is 13.0. The van der Waals surface area contributed by atoms with Crippen LogP contribution in [0.5, 0.6) is 0 Å². The third-order valence-corrected chi connectivity index (χ3v) is 8.19. The Balaban J connectivity index is 0.941. The molecule has 2 N–H and O–H groups in total. The molecule has 0 aliphatic carbocycles. The largest absolute Gasteiger partial charge is 0.322 e. The number of hydrogen-bond acceptors (Lipinski definition) is 6. The van der Waals surface area contributed by atoms with Crippen LogP contribution in [0, 0.1) is 0 Å². The van der Waals surface area contributed by atoms with E-state index in [1.807, 2.05) is 12.1 Å². The number of nitrogens with one attached hydrogen (secondary N) is 2. The van der Waals surface area contributed by atoms with Crippen LogP contribution in [0.25, 0.3) is 11.1 Å². The van der Waals surface area contributed by atoms with E-state index in [-0.39, 0.29) is 0 Å². The Hall–Kier alpha value is -7.20. The molecule has 50 heavy (non-hydrogen) atoms. The Morgan fingerprint density at radius 3 is 1.10 bits per heavy atom. The fourth-order valence-corrected chi connectivity index (χ4v) is 5.65. The molecular formula is C40H26N4O6. The van der Waals surface area contributed by atoms with Gasteiger partial charge in [-0.15, -0.1) is 0 Å². The summed E-state index contributed by atoms with van der Waals surface area (Å²) in [6.07, 6.45) is 2.61. The van der Waals surface area contributed by atoms with Crippen LogP contribution in [0.1, 0.15) is 31.8 Å². The van der Waals surface area contributed by atoms with Crippen LogP contribution in [-0.2, 0) is 19.2 Å². The first-order valence-electron chi connectivity index (χ1n) is 15.5. The summed E-state index contributed by atoms with van der Waals surface area (Å²) in [5.41, 5.74) is 4.18. The quantitative estimate of drug-likeness (QED) is 0.194. The van der Waals surface area contributed by atoms with Crippen LogP contribution in [0.4, 0.5) is 22.7 Å². The standard InChI is InChI=1S/C40H26N4O6/c45-35-23-33(25-7-3-1-4-8-25)39(49)43(35)31-19-11-27(12-20-31)37(47)41-29-15-17-30(18-16-29)42-38(48)28-13-21-32(22-14-28)44-36(46)24-34(40(44)50)26-9-5-2-6-10-26/h1-24H,(H,41,47)(H,42,48). The average molecular weight is 659 g/mol. The van der Waals surface area contributed by atoms with Gasteiger partial charge < -0.3 is 10.6 Å². The predicted molar refractivity (Wildman–Crippen MR) is 189 cm³/mol. The van der Waals surface area contributed by atoms with Gasteiger partial charge >= 0.3 is 0 Å². The Morgan fingerprint density at radius 1 is 0.420 bits per heavy atom. The molecule has 0 bridgehead atoms. The molecule has 0 atom stereocenters. The molecule has 0 saturated carbocycles. The predicted octanol–water partition coefficient (Wildman–Crippen LogP) is 6.10. The number of carbonyl (C=O) groups excluding carboxylic acids is 6. The van der Waals surface area contributed by atoms with E-state index >= 15 is 0 Å². The molecule has 5 aromatic rings. The van der Waals surface area contributed by atoms with Gasteiger partial charge in [-0.1, -0.05) is 60.7 Å². The van der Waals surface area contributed by atoms with Crippen LogP contribution < -0.4 is 20.4 Å². The molecule has 5 aromatic carbocycles. The maximum Gasteiger partial charge on any atom is 0.266 e. The second-order valence-corrected chi connectivity index (χ2v) is 11.4. The van der Waals surface area contributed by atoms with Crippen molar-refractivity contribution >= 4 is 69.3 Å². The maximum atomic E-state index is 13.0. The molecule has 10 heteroatoms. The Morgan fingerprint density at radius 2 is 0.760 bits per heavy atom. The molecule has 2 aliphatic heterocycles. The molecule has 0 fully saturated rings. The topological polar surface area (TPSA) is 133 Å². The molecule has 10 nitrogen and oxygen atoms in total. The van der Waals surface area contributed by atoms with Gasteiger partial charge in [0.05, 0.1) is 22.5 Å². The second kappa shape index (κ2) is 13.1. The molecule has 0 radical (unpaired) electrons. The lowest BCUT2D eigenvalue weighted by atomic mass is 10.1. The van der Waals surface area contributed by atoms with E-state index in [4.69, 9.17) is 0 Å². The lowest BCUT2D eigenvalue weighted by Crippen LogP contribution is -2.30. The zero-order valence-electron chi connectivity index (χ0n) is 26.2. The van der Waals surface area contributed by atoms with Crippen molar-refractivity contribution in [2.24, 2.45) is 0 Å². The van der Waals surface area contributed by atoms with Crippen molar-refractivity contribution in [3.8, 4) is 0 Å². The highest BCUT2D eigenvalue weighted by Gasteiger charge is 2.34. The number of imide groups is 2. The van der Waals surface area contributed by atoms with Gasteiger partial charge in [0, 0.05) is 34.7 Å². The minimum Gasteiger partial charge on any atom is -0.322 e. The number of rotatable bonds is 8. The first-order valence-corrected chi connectivity index (χ1v) is 15.5. The van der Waals surface area contributed by atoms with Gasteiger partial charge in [0.1, 0.15) is 0 Å². The summed E-state index contributed by atoms with van der Waals surface area (Å²) in [6, 6.07) is 36.6. The van der Waals surface area contributed by atoms with Crippen molar-refractivity contribution in [3.05, 3.63) is 168 Å². The molecule has 242 valence electrons. The summed E-state index contributed by atoms with van der Waals surface area (Å²) in [7, 11) is 0. The first-order chi connectivity index (χ1) is 24.3. The molecule has 0 unspecified atom stereocenters. The Bertz CT molecular complexity index is 2080. The lowest BCUT2D eigenvalue weighted by molar-refractivity contribution is -0.121. The van der Waals surface area contributed by atoms with Crippen LogP contribution in [0.15, 0.2) is 146 Å². The van der Waals surface area contributed by atoms with E-state index in [0.717, 1.165) is 9.80 Å². The zero-order valence-corrected chi connectivity index (χ0v) is 26.2. The summed E-state index contributed by atoms with van der Waals surface area (Å²) < 4.78 is 0. The number of nitrogens with zero attached hydrogens (tertiary/aromatic N) is 2. The van der Waals surface area contributed by atoms with E-state index < -0.39 is 35.4 Å². The monoisotopic (exact) mass is 658 g/mol. The smallest absolute Gasteiger partial charge is 0.266 e. The van der Waals surface area contributed by atoms with Crippen molar-refractivity contribution < 1.29 is 28.8 Å². The third kappa shape index (κ3) is 6.12. The van der Waals surface area contributed by atoms with E-state index in [0.29, 0.717) is 56.1 Å². The Labute approximate surface area is 286 Å². The number of carbonyl (C=O) groups is 6. The van der Waals surface area contributed by atoms with E-state index in [1.165, 1.54) is 60.7 Å². The Kier molecular flexibility index (Phi) is 8.25. The van der Waals surface area contributed by atoms with Gasteiger partial charge in [-0.2, -0.15) is 0 Å². The van der Waals surface area contributed by atoms with E-state index in [9.17, 15) is 28.8 Å². The summed E-state index contributed by atoms with van der Waals surface area (Å²) in [4.78, 5) is 79.3. The normalized spacial score (nSPS) is 14.1. The second-order valence-electron chi connectivity index (χ2n) is 11.4. The highest BCUT2D eigenvalue weighted by Crippen LogP contribution is 2.30. The molecule has 7 rings (SSSR count). The first kappa shape index (κ1) is 31.4. The van der Waals surface area contributed by atoms with Crippen LogP contribution in [0.3, 0.4) is 0 Å². The van der Waals surface area contributed by atoms with Gasteiger partial charge in [0.25, 0.3) is 35.4 Å². The highest BCUT2D eigenvalue weighted by atomic mass is 16.2. The summed E-state index contributed by atoms with van der Waals surface area (Å²) in [5.74, 6) is -2.60. The van der Waals surface area contributed by atoms with Gasteiger partial charge in [-0.05, 0) is 83.9 Å². The van der Waals surface area contributed by atoms with Crippen molar-refractivity contribution in [2.75, 3.05) is 20.4 Å². The van der Waals surface area contributed by atoms with Crippen LogP contribution in [-0.4, -0.2) is 35.4 Å². The number of hydrogen-bond donors (Lipinski definition) is 2. The fourth-order valence-electron chi connectivity index (χ4n) is 5.65. The zero-order chi connectivity index (χ0) is 34.8. The minimum atomic E-state index is -0.458. The number of benzene rings is 5. The van der Waals surface area contributed by atoms with Crippen LogP contribution in [0.2, 0.25) is 0 Å². The van der Waals surface area contributed by atoms with Gasteiger partial charge in [-0.3, -0.25) is 28.8 Å². The summed E-state index contributed by atoms with van der Waals surface area (Å²) in [6.45, 7) is 0. The summed E-state index contributed by atoms with van der Waals surface area (Å²) in [5, 5.41) is 5.57. The van der Waals surface area contributed by atoms with Gasteiger partial charge in [0.15, 0.2) is 0 Å². The van der Waals surface area contributed by atoms with Gasteiger partial charge in [-0.25, -0.2) is 9.80 Å². The van der Waals surface area contributed by atoms with E-state index in [2.05, 4.69) is 10.6 Å². The molecule has 6 amide bonds. The van der Waals surface area contributed by atoms with E-state index in [1.54, 1.807) is 72.8 Å². The summed E-state index contributed by atoms with van der Waals surface area (Å²) >= 11 is 0. The average Bonchev–Trinajstić information content (AvgIpc) is 3.62. The van der Waals surface area contributed by atoms with Crippen molar-refractivity contribution in [3.63, 3.8) is 0 Å². The number of amides is 6. The van der Waals surface area contributed by atoms with Crippen molar-refractivity contribution in [2.45, 2.75) is 0 Å². The lowest BCUT2D eigenvalue weighted by Gasteiger charge is -2.16. The van der Waals surface area contributed by atoms with Crippen molar-refractivity contribution in [1.82, 2.24) is 0 Å². The fraction of sp³-hybridized carbons (Fsp3) is 0. The molecule has 2 heterocycles. The van der Waals surface area contributed by atoms with Gasteiger partial charge in [0.2, 0.25) is 0 Å². The molecule has 0 aromatic heterocycles. The molecule has 2 aliphatic rings. The molecule has 0 spiro atoms. The molecular weight excluding hydrogens is 632 g/mol. The highest BCUT2D eigenvalue weighted by molar-refractivity contribution is 6.44. The minimum absolute atomic E-state index is 0.304. The molecule has 0 saturated heterocycles. The SMILES string of the molecule is O=C(Nc1ccc(NC(=O)c2ccc(N3C(=O)C=C(c4ccccc4)C3=O)cc2)cc1)c1ccc(N2C(=O)C=C(c3ccccc3)C2=O)cc1. The van der Waals surface area contributed by atoms with Crippen molar-refractivity contribution in [1.29, 1.82) is 0 Å². The van der Waals surface area contributed by atoms with Crippen LogP contribution >= 0.6 is 0 Å². The number of anilines is 4. The third-order valence-electron chi connectivity index (χ3n) is 8.19.